The molecule has 2 amide bonds. The van der Waals surface area contributed by atoms with Crippen molar-refractivity contribution in [3.05, 3.63) is 0 Å². The molecule has 6 heteroatoms. The third kappa shape index (κ3) is 2.79. The minimum Gasteiger partial charge on any atom is -0.342 e. The lowest BCUT2D eigenvalue weighted by molar-refractivity contribution is -0.162. The first-order valence-corrected chi connectivity index (χ1v) is 7.24. The van der Waals surface area contributed by atoms with Crippen LogP contribution in [0.1, 0.15) is 47.0 Å². The van der Waals surface area contributed by atoms with E-state index in [9.17, 15) is 18.4 Å². The Hall–Kier alpha value is -1.20. The summed E-state index contributed by atoms with van der Waals surface area (Å²) in [6.07, 6.45) is -1.27. The second-order valence-electron chi connectivity index (χ2n) is 5.42. The van der Waals surface area contributed by atoms with Gasteiger partial charge in [-0.15, -0.1) is 0 Å². The van der Waals surface area contributed by atoms with Crippen molar-refractivity contribution in [2.45, 2.75) is 65.0 Å². The van der Waals surface area contributed by atoms with Gasteiger partial charge in [-0.3, -0.25) is 9.59 Å². The summed E-state index contributed by atoms with van der Waals surface area (Å²) in [5.74, 6) is -0.769. The average molecular weight is 290 g/mol. The van der Waals surface area contributed by atoms with Crippen LogP contribution >= 0.6 is 0 Å². The molecule has 0 radical (unpaired) electrons. The lowest BCUT2D eigenvalue weighted by atomic mass is 9.83. The molecule has 1 N–H and O–H groups in total. The van der Waals surface area contributed by atoms with Gasteiger partial charge in [0.05, 0.1) is 6.54 Å². The van der Waals surface area contributed by atoms with E-state index in [0.29, 0.717) is 19.3 Å². The number of piperazine rings is 1. The maximum absolute atomic E-state index is 12.8. The number of carbonyl (C=O) groups is 2. The van der Waals surface area contributed by atoms with E-state index in [-0.39, 0.29) is 17.7 Å². The number of alkyl halides is 2. The maximum Gasteiger partial charge on any atom is 0.255 e. The SMILES string of the molecule is CCC(C)C1NC(=O)C(CC)(CC)N(CC(F)F)C1=O. The second-order valence-corrected chi connectivity index (χ2v) is 5.42. The normalized spacial score (nSPS) is 23.9. The van der Waals surface area contributed by atoms with Gasteiger partial charge >= 0.3 is 0 Å². The Morgan fingerprint density at radius 2 is 1.80 bits per heavy atom. The molecular weight excluding hydrogens is 266 g/mol. The Kier molecular flexibility index (Phi) is 5.48. The average Bonchev–Trinajstić information content (AvgIpc) is 2.42. The summed E-state index contributed by atoms with van der Waals surface area (Å²) in [5, 5.41) is 2.74. The van der Waals surface area contributed by atoms with E-state index in [0.717, 1.165) is 4.90 Å². The lowest BCUT2D eigenvalue weighted by Gasteiger charge is -2.48. The molecule has 0 aromatic heterocycles. The Labute approximate surface area is 118 Å². The van der Waals surface area contributed by atoms with Crippen molar-refractivity contribution in [1.82, 2.24) is 10.2 Å². The monoisotopic (exact) mass is 290 g/mol. The van der Waals surface area contributed by atoms with Crippen molar-refractivity contribution in [3.63, 3.8) is 0 Å². The fraction of sp³-hybridized carbons (Fsp3) is 0.857. The smallest absolute Gasteiger partial charge is 0.255 e. The summed E-state index contributed by atoms with van der Waals surface area (Å²) in [4.78, 5) is 26.0. The zero-order valence-corrected chi connectivity index (χ0v) is 12.6. The standard InChI is InChI=1S/C14H24F2N2O2/c1-5-9(4)11-12(19)18(8-10(15)16)14(6-2,7-3)13(20)17-11/h9-11H,5-8H2,1-4H3,(H,17,20). The zero-order chi connectivity index (χ0) is 15.5. The summed E-state index contributed by atoms with van der Waals surface area (Å²) < 4.78 is 25.6. The van der Waals surface area contributed by atoms with E-state index in [2.05, 4.69) is 5.32 Å². The molecule has 1 fully saturated rings. The van der Waals surface area contributed by atoms with Gasteiger partial charge in [-0.25, -0.2) is 8.78 Å². The van der Waals surface area contributed by atoms with Gasteiger partial charge in [-0.05, 0) is 18.8 Å². The third-order valence-electron chi connectivity index (χ3n) is 4.46. The van der Waals surface area contributed by atoms with Gasteiger partial charge < -0.3 is 10.2 Å². The van der Waals surface area contributed by atoms with Gasteiger partial charge in [0, 0.05) is 0 Å². The fourth-order valence-electron chi connectivity index (χ4n) is 2.82. The van der Waals surface area contributed by atoms with Crippen LogP contribution in [0.5, 0.6) is 0 Å². The van der Waals surface area contributed by atoms with Crippen LogP contribution in [0.3, 0.4) is 0 Å². The molecular formula is C14H24F2N2O2. The van der Waals surface area contributed by atoms with E-state index < -0.39 is 24.6 Å². The molecule has 0 saturated carbocycles. The first-order valence-electron chi connectivity index (χ1n) is 7.24. The quantitative estimate of drug-likeness (QED) is 0.815. The van der Waals surface area contributed by atoms with E-state index >= 15 is 0 Å². The van der Waals surface area contributed by atoms with Crippen LogP contribution in [0.2, 0.25) is 0 Å². The van der Waals surface area contributed by atoms with Crippen LogP contribution in [-0.2, 0) is 9.59 Å². The molecule has 1 aliphatic heterocycles. The van der Waals surface area contributed by atoms with Crippen molar-refractivity contribution >= 4 is 11.8 Å². The van der Waals surface area contributed by atoms with Crippen molar-refractivity contribution in [3.8, 4) is 0 Å². The van der Waals surface area contributed by atoms with Crippen LogP contribution in [0, 0.1) is 5.92 Å². The van der Waals surface area contributed by atoms with Gasteiger partial charge in [0.15, 0.2) is 0 Å². The third-order valence-corrected chi connectivity index (χ3v) is 4.46. The summed E-state index contributed by atoms with van der Waals surface area (Å²) in [7, 11) is 0. The molecule has 1 saturated heterocycles. The molecule has 1 rings (SSSR count). The highest BCUT2D eigenvalue weighted by Crippen LogP contribution is 2.31. The molecule has 0 aromatic rings. The summed E-state index contributed by atoms with van der Waals surface area (Å²) in [6, 6.07) is -0.697. The largest absolute Gasteiger partial charge is 0.342 e. The minimum absolute atomic E-state index is 0.0710. The maximum atomic E-state index is 12.8. The predicted molar refractivity (Wildman–Crippen MR) is 72.4 cm³/mol. The molecule has 0 bridgehead atoms. The summed E-state index contributed by atoms with van der Waals surface area (Å²) >= 11 is 0. The number of hydrogen-bond donors (Lipinski definition) is 1. The number of rotatable bonds is 6. The molecule has 0 aliphatic carbocycles. The van der Waals surface area contributed by atoms with Gasteiger partial charge in [0.1, 0.15) is 11.6 Å². The minimum atomic E-state index is -2.64. The Bertz CT molecular complexity index is 370. The van der Waals surface area contributed by atoms with Gasteiger partial charge in [0.2, 0.25) is 11.8 Å². The van der Waals surface area contributed by atoms with Crippen molar-refractivity contribution < 1.29 is 18.4 Å². The lowest BCUT2D eigenvalue weighted by Crippen LogP contribution is -2.72. The molecule has 1 heterocycles. The van der Waals surface area contributed by atoms with Crippen molar-refractivity contribution in [2.24, 2.45) is 5.92 Å². The van der Waals surface area contributed by atoms with E-state index in [4.69, 9.17) is 0 Å². The number of amides is 2. The summed E-state index contributed by atoms with van der Waals surface area (Å²) in [5.41, 5.74) is -1.14. The Morgan fingerprint density at radius 1 is 1.25 bits per heavy atom. The number of carbonyl (C=O) groups excluding carboxylic acids is 2. The van der Waals surface area contributed by atoms with Crippen LogP contribution < -0.4 is 5.32 Å². The van der Waals surface area contributed by atoms with Crippen molar-refractivity contribution in [1.29, 1.82) is 0 Å². The van der Waals surface area contributed by atoms with E-state index in [1.807, 2.05) is 13.8 Å². The van der Waals surface area contributed by atoms with Crippen LogP contribution in [-0.4, -0.2) is 41.3 Å². The van der Waals surface area contributed by atoms with Gasteiger partial charge in [-0.2, -0.15) is 0 Å². The number of hydrogen-bond acceptors (Lipinski definition) is 2. The fourth-order valence-corrected chi connectivity index (χ4v) is 2.82. The molecule has 1 aliphatic rings. The van der Waals surface area contributed by atoms with Crippen LogP contribution in [0.15, 0.2) is 0 Å². The highest BCUT2D eigenvalue weighted by Gasteiger charge is 2.51. The molecule has 116 valence electrons. The molecule has 2 unspecified atom stereocenters. The molecule has 2 atom stereocenters. The topological polar surface area (TPSA) is 49.4 Å². The Morgan fingerprint density at radius 3 is 2.20 bits per heavy atom. The predicted octanol–water partition coefficient (Wildman–Crippen LogP) is 2.18. The van der Waals surface area contributed by atoms with E-state index in [1.54, 1.807) is 13.8 Å². The van der Waals surface area contributed by atoms with Gasteiger partial charge in [-0.1, -0.05) is 34.1 Å². The number of nitrogens with one attached hydrogen (secondary N) is 1. The first-order chi connectivity index (χ1) is 9.33. The highest BCUT2D eigenvalue weighted by atomic mass is 19.3. The highest BCUT2D eigenvalue weighted by molar-refractivity contribution is 6.00. The summed E-state index contributed by atoms with van der Waals surface area (Å²) in [6.45, 7) is 6.56. The van der Waals surface area contributed by atoms with Crippen LogP contribution in [0.25, 0.3) is 0 Å². The number of nitrogens with zero attached hydrogens (tertiary/aromatic N) is 1. The second kappa shape index (κ2) is 6.50. The molecule has 0 spiro atoms. The molecule has 20 heavy (non-hydrogen) atoms. The number of halogens is 2. The first kappa shape index (κ1) is 16.9. The zero-order valence-electron chi connectivity index (χ0n) is 12.6. The van der Waals surface area contributed by atoms with E-state index in [1.165, 1.54) is 0 Å². The Balaban J connectivity index is 3.17. The van der Waals surface area contributed by atoms with Gasteiger partial charge in [0.25, 0.3) is 6.43 Å². The van der Waals surface area contributed by atoms with Crippen molar-refractivity contribution in [2.75, 3.05) is 6.54 Å². The molecule has 0 aromatic carbocycles. The van der Waals surface area contributed by atoms with Crippen LogP contribution in [0.4, 0.5) is 8.78 Å². The molecule has 4 nitrogen and oxygen atoms in total.